The van der Waals surface area contributed by atoms with Crippen molar-refractivity contribution < 1.29 is 29.4 Å². The second kappa shape index (κ2) is 16.6. The fourth-order valence-electron chi connectivity index (χ4n) is 5.94. The quantitative estimate of drug-likeness (QED) is 0.0731. The highest BCUT2D eigenvalue weighted by Gasteiger charge is 2.33. The topological polar surface area (TPSA) is 120 Å². The normalized spacial score (nSPS) is 18.6. The van der Waals surface area contributed by atoms with Gasteiger partial charge in [-0.1, -0.05) is 84.9 Å². The number of rotatable bonds is 14. The summed E-state index contributed by atoms with van der Waals surface area (Å²) in [7, 11) is 2.13. The number of ether oxygens (including phenoxy) is 2. The van der Waals surface area contributed by atoms with Crippen LogP contribution in [0.5, 0.6) is 0 Å². The lowest BCUT2D eigenvalue weighted by Crippen LogP contribution is -2.38. The number of hydroxylamine groups is 1. The van der Waals surface area contributed by atoms with Crippen LogP contribution < -0.4 is 10.8 Å². The van der Waals surface area contributed by atoms with Gasteiger partial charge in [-0.2, -0.15) is 0 Å². The van der Waals surface area contributed by atoms with Crippen molar-refractivity contribution in [3.8, 4) is 0 Å². The van der Waals surface area contributed by atoms with Crippen LogP contribution in [0.2, 0.25) is 0 Å². The average molecular weight is 640 g/mol. The Morgan fingerprint density at radius 2 is 1.51 bits per heavy atom. The molecule has 1 heterocycles. The van der Waals surface area contributed by atoms with Gasteiger partial charge in [0.15, 0.2) is 6.29 Å². The molecule has 47 heavy (non-hydrogen) atoms. The number of hydrogen-bond acceptors (Lipinski definition) is 7. The zero-order chi connectivity index (χ0) is 33.2. The molecule has 1 fully saturated rings. The number of amides is 2. The van der Waals surface area contributed by atoms with Gasteiger partial charge in [0.25, 0.3) is 0 Å². The monoisotopic (exact) mass is 639 g/mol. The highest BCUT2D eigenvalue weighted by molar-refractivity contribution is 5.83. The summed E-state index contributed by atoms with van der Waals surface area (Å²) < 4.78 is 13.1. The Morgan fingerprint density at radius 3 is 2.21 bits per heavy atom. The van der Waals surface area contributed by atoms with Gasteiger partial charge >= 0.3 is 0 Å². The summed E-state index contributed by atoms with van der Waals surface area (Å²) >= 11 is 0. The van der Waals surface area contributed by atoms with Gasteiger partial charge < -0.3 is 19.9 Å². The largest absolute Gasteiger partial charge is 0.392 e. The van der Waals surface area contributed by atoms with E-state index in [2.05, 4.69) is 66.7 Å². The van der Waals surface area contributed by atoms with Crippen LogP contribution in [0.4, 0.5) is 0 Å². The van der Waals surface area contributed by atoms with Crippen molar-refractivity contribution in [3.63, 3.8) is 0 Å². The number of hydrogen-bond donors (Lipinski definition) is 4. The van der Waals surface area contributed by atoms with Crippen molar-refractivity contribution >= 4 is 22.6 Å². The summed E-state index contributed by atoms with van der Waals surface area (Å²) in [5, 5.41) is 23.5. The van der Waals surface area contributed by atoms with Gasteiger partial charge in [0.05, 0.1) is 18.8 Å². The molecule has 1 aliphatic heterocycles. The molecule has 4 unspecified atom stereocenters. The molecule has 0 radical (unpaired) electrons. The van der Waals surface area contributed by atoms with E-state index in [4.69, 9.17) is 14.7 Å². The Hall–Kier alpha value is -4.12. The van der Waals surface area contributed by atoms with Crippen molar-refractivity contribution in [3.05, 3.63) is 119 Å². The Morgan fingerprint density at radius 1 is 0.851 bits per heavy atom. The average Bonchev–Trinajstić information content (AvgIpc) is 3.11. The maximum atomic E-state index is 12.3. The highest BCUT2D eigenvalue weighted by Crippen LogP contribution is 2.39. The maximum absolute atomic E-state index is 12.3. The zero-order valence-corrected chi connectivity index (χ0v) is 27.1. The summed E-state index contributed by atoms with van der Waals surface area (Å²) in [6, 6.07) is 31.0. The third-order valence-electron chi connectivity index (χ3n) is 8.95. The van der Waals surface area contributed by atoms with Crippen LogP contribution >= 0.6 is 0 Å². The molecular formula is C38H45N3O6. The molecule has 0 aliphatic carbocycles. The molecule has 2 amide bonds. The van der Waals surface area contributed by atoms with Crippen LogP contribution in [0, 0.1) is 0 Å². The summed E-state index contributed by atoms with van der Waals surface area (Å²) in [4.78, 5) is 25.7. The van der Waals surface area contributed by atoms with E-state index in [1.807, 2.05) is 48.5 Å². The molecule has 0 aromatic heterocycles. The van der Waals surface area contributed by atoms with Gasteiger partial charge in [0, 0.05) is 44.0 Å². The molecule has 1 saturated heterocycles. The summed E-state index contributed by atoms with van der Waals surface area (Å²) in [5.74, 6) is -0.534. The molecule has 4 aromatic carbocycles. The molecule has 248 valence electrons. The van der Waals surface area contributed by atoms with Crippen LogP contribution in [0.15, 0.2) is 91.0 Å². The summed E-state index contributed by atoms with van der Waals surface area (Å²) in [6.07, 6.45) is 1.45. The summed E-state index contributed by atoms with van der Waals surface area (Å²) in [6.45, 7) is 3.32. The number of nitrogens with one attached hydrogen (secondary N) is 2. The second-order valence-electron chi connectivity index (χ2n) is 12.3. The van der Waals surface area contributed by atoms with Crippen LogP contribution in [0.3, 0.4) is 0 Å². The number of unbranched alkanes of at least 4 members (excludes halogenated alkanes) is 1. The first-order valence-electron chi connectivity index (χ1n) is 16.3. The van der Waals surface area contributed by atoms with Crippen LogP contribution in [0.25, 0.3) is 10.8 Å². The van der Waals surface area contributed by atoms with E-state index in [1.165, 1.54) is 16.3 Å². The van der Waals surface area contributed by atoms with Gasteiger partial charge in [-0.3, -0.25) is 19.7 Å². The number of aliphatic hydroxyl groups excluding tert-OH is 1. The van der Waals surface area contributed by atoms with E-state index in [9.17, 15) is 14.7 Å². The van der Waals surface area contributed by atoms with E-state index in [1.54, 1.807) is 5.48 Å². The third-order valence-corrected chi connectivity index (χ3v) is 8.95. The Balaban J connectivity index is 1.23. The number of likely N-dealkylation sites (N-methyl/N-ethyl adjacent to an activating group) is 1. The van der Waals surface area contributed by atoms with Gasteiger partial charge in [-0.05, 0) is 65.9 Å². The van der Waals surface area contributed by atoms with E-state index >= 15 is 0 Å². The van der Waals surface area contributed by atoms with Gasteiger partial charge in [0.2, 0.25) is 11.8 Å². The molecular weight excluding hydrogens is 594 g/mol. The molecule has 4 aromatic rings. The van der Waals surface area contributed by atoms with Crippen molar-refractivity contribution in [1.82, 2.24) is 15.7 Å². The Kier molecular flexibility index (Phi) is 12.1. The molecule has 0 saturated carbocycles. The summed E-state index contributed by atoms with van der Waals surface area (Å²) in [5.41, 5.74) is 6.60. The van der Waals surface area contributed by atoms with Crippen molar-refractivity contribution in [1.29, 1.82) is 0 Å². The van der Waals surface area contributed by atoms with Gasteiger partial charge in [-0.15, -0.1) is 0 Å². The van der Waals surface area contributed by atoms with Crippen molar-refractivity contribution in [2.75, 3.05) is 13.6 Å². The fourth-order valence-corrected chi connectivity index (χ4v) is 5.94. The van der Waals surface area contributed by atoms with E-state index < -0.39 is 12.2 Å². The predicted molar refractivity (Wildman–Crippen MR) is 180 cm³/mol. The molecule has 5 rings (SSSR count). The van der Waals surface area contributed by atoms with Crippen LogP contribution in [0.1, 0.15) is 85.3 Å². The number of aliphatic hydroxyl groups is 1. The van der Waals surface area contributed by atoms with Gasteiger partial charge in [0.1, 0.15) is 0 Å². The number of carbonyl (C=O) groups excluding carboxylic acids is 2. The molecule has 0 spiro atoms. The minimum absolute atomic E-state index is 0.00618. The van der Waals surface area contributed by atoms with E-state index in [0.29, 0.717) is 38.8 Å². The lowest BCUT2D eigenvalue weighted by molar-refractivity contribution is -0.253. The van der Waals surface area contributed by atoms with Crippen LogP contribution in [-0.4, -0.2) is 46.7 Å². The van der Waals surface area contributed by atoms with Crippen molar-refractivity contribution in [2.45, 2.75) is 76.7 Å². The minimum Gasteiger partial charge on any atom is -0.392 e. The second-order valence-corrected chi connectivity index (χ2v) is 12.3. The lowest BCUT2D eigenvalue weighted by atomic mass is 9.98. The fraction of sp³-hybridized carbons (Fsp3) is 0.368. The number of fused-ring (bicyclic) bond motifs is 1. The van der Waals surface area contributed by atoms with E-state index in [-0.39, 0.29) is 37.2 Å². The standard InChI is InChI=1S/C38H45N3O6/c1-26(32-20-19-29-7-3-4-8-33(29)21-32)41(2)24-34-22-35(30-15-13-28(25-42)14-16-30)47-38(46-34)31-17-11-27(12-18-31)23-39-36(43)9-5-6-10-37(44)40-45/h3-4,7-8,11-21,26,34-35,38,42,45H,5-6,9-10,22-25H2,1-2H3,(H,39,43)(H,40,44). The third kappa shape index (κ3) is 9.47. The zero-order valence-electron chi connectivity index (χ0n) is 27.1. The first-order valence-corrected chi connectivity index (χ1v) is 16.3. The maximum Gasteiger partial charge on any atom is 0.243 e. The molecule has 0 bridgehead atoms. The Bertz CT molecular complexity index is 1610. The molecule has 1 aliphatic rings. The molecule has 4 N–H and O–H groups in total. The smallest absolute Gasteiger partial charge is 0.243 e. The number of carbonyl (C=O) groups is 2. The SMILES string of the molecule is CC(c1ccc2ccccc2c1)N(C)CC1CC(c2ccc(CO)cc2)OC(c2ccc(CNC(=O)CCCCC(=O)NO)cc2)O1. The van der Waals surface area contributed by atoms with Crippen molar-refractivity contribution in [2.24, 2.45) is 0 Å². The molecule has 4 atom stereocenters. The van der Waals surface area contributed by atoms with Gasteiger partial charge in [-0.25, -0.2) is 5.48 Å². The van der Waals surface area contributed by atoms with E-state index in [0.717, 1.165) is 22.3 Å². The first-order chi connectivity index (χ1) is 22.8. The number of benzene rings is 4. The minimum atomic E-state index is -0.569. The molecule has 9 nitrogen and oxygen atoms in total. The first kappa shape index (κ1) is 34.2. The number of nitrogens with zero attached hydrogens (tertiary/aromatic N) is 1. The van der Waals surface area contributed by atoms with Crippen LogP contribution in [-0.2, 0) is 32.2 Å². The predicted octanol–water partition coefficient (Wildman–Crippen LogP) is 6.25. The Labute approximate surface area is 276 Å². The molecule has 9 heteroatoms. The highest BCUT2D eigenvalue weighted by atomic mass is 16.7. The lowest BCUT2D eigenvalue weighted by Gasteiger charge is -2.39.